The summed E-state index contributed by atoms with van der Waals surface area (Å²) in [5.41, 5.74) is 6.22. The molecule has 0 unspecified atom stereocenters. The number of hydrogen-bond donors (Lipinski definition) is 3. The lowest BCUT2D eigenvalue weighted by atomic mass is 10.1. The third kappa shape index (κ3) is 6.65. The largest absolute Gasteiger partial charge is 0.480 e. The summed E-state index contributed by atoms with van der Waals surface area (Å²) >= 11 is 0. The molecule has 0 aromatic carbocycles. The first-order valence-electron chi connectivity index (χ1n) is 6.44. The van der Waals surface area contributed by atoms with Gasteiger partial charge >= 0.3 is 5.97 Å². The number of pyridine rings is 1. The standard InChI is InChI=1S/C14H19N3O3/c15-12(14(19)20)5-1-2-9-17-13(18)7-6-11-4-3-8-16-10-11/h3-4,6-8,10,12H,1-2,5,9,15H2,(H,17,18)(H,19,20)/t12-/m0/s1. The van der Waals surface area contributed by atoms with Crippen LogP contribution in [0.2, 0.25) is 0 Å². The number of carboxylic acids is 1. The van der Waals surface area contributed by atoms with Gasteiger partial charge in [-0.15, -0.1) is 0 Å². The first-order chi connectivity index (χ1) is 9.59. The van der Waals surface area contributed by atoms with Crippen LogP contribution in [-0.4, -0.2) is 34.6 Å². The minimum absolute atomic E-state index is 0.184. The number of carbonyl (C=O) groups is 2. The highest BCUT2D eigenvalue weighted by molar-refractivity contribution is 5.91. The van der Waals surface area contributed by atoms with Crippen molar-refractivity contribution in [2.24, 2.45) is 5.73 Å². The minimum atomic E-state index is -0.992. The number of aliphatic carboxylic acids is 1. The molecule has 1 heterocycles. The van der Waals surface area contributed by atoms with Crippen LogP contribution in [-0.2, 0) is 9.59 Å². The van der Waals surface area contributed by atoms with E-state index in [1.54, 1.807) is 24.5 Å². The van der Waals surface area contributed by atoms with Crippen molar-refractivity contribution in [2.45, 2.75) is 25.3 Å². The highest BCUT2D eigenvalue weighted by Crippen LogP contribution is 1.99. The molecule has 0 bridgehead atoms. The molecule has 0 aliphatic heterocycles. The average molecular weight is 277 g/mol. The average Bonchev–Trinajstić information content (AvgIpc) is 2.45. The zero-order chi connectivity index (χ0) is 14.8. The van der Waals surface area contributed by atoms with E-state index >= 15 is 0 Å². The molecule has 1 atom stereocenters. The summed E-state index contributed by atoms with van der Waals surface area (Å²) in [6.45, 7) is 0.503. The molecule has 1 aromatic rings. The molecule has 6 nitrogen and oxygen atoms in total. The quantitative estimate of drug-likeness (QED) is 0.481. The molecule has 108 valence electrons. The third-order valence-corrected chi connectivity index (χ3v) is 2.67. The Hall–Kier alpha value is -2.21. The van der Waals surface area contributed by atoms with E-state index in [1.807, 2.05) is 6.07 Å². The van der Waals surface area contributed by atoms with Crippen LogP contribution in [0.15, 0.2) is 30.6 Å². The molecule has 0 saturated heterocycles. The van der Waals surface area contributed by atoms with E-state index in [2.05, 4.69) is 10.3 Å². The van der Waals surface area contributed by atoms with Crippen molar-refractivity contribution in [3.8, 4) is 0 Å². The van der Waals surface area contributed by atoms with E-state index in [9.17, 15) is 9.59 Å². The minimum Gasteiger partial charge on any atom is -0.480 e. The normalized spacial score (nSPS) is 12.2. The molecule has 0 radical (unpaired) electrons. The smallest absolute Gasteiger partial charge is 0.320 e. The molecule has 0 fully saturated rings. The van der Waals surface area contributed by atoms with Crippen molar-refractivity contribution in [1.29, 1.82) is 0 Å². The van der Waals surface area contributed by atoms with Gasteiger partial charge in [0.2, 0.25) is 5.91 Å². The highest BCUT2D eigenvalue weighted by Gasteiger charge is 2.09. The number of rotatable bonds is 8. The van der Waals surface area contributed by atoms with Crippen molar-refractivity contribution in [3.63, 3.8) is 0 Å². The van der Waals surface area contributed by atoms with Crippen LogP contribution >= 0.6 is 0 Å². The Balaban J connectivity index is 2.15. The predicted molar refractivity (Wildman–Crippen MR) is 75.7 cm³/mol. The lowest BCUT2D eigenvalue weighted by molar-refractivity contribution is -0.138. The molecule has 6 heteroatoms. The number of aromatic nitrogens is 1. The van der Waals surface area contributed by atoms with Crippen LogP contribution in [0.1, 0.15) is 24.8 Å². The molecule has 0 aliphatic rings. The maximum absolute atomic E-state index is 11.5. The van der Waals surface area contributed by atoms with Gasteiger partial charge in [0.25, 0.3) is 0 Å². The van der Waals surface area contributed by atoms with Crippen LogP contribution < -0.4 is 11.1 Å². The molecular weight excluding hydrogens is 258 g/mol. The van der Waals surface area contributed by atoms with E-state index in [0.717, 1.165) is 5.56 Å². The van der Waals surface area contributed by atoms with Gasteiger partial charge in [-0.05, 0) is 37.0 Å². The van der Waals surface area contributed by atoms with E-state index in [-0.39, 0.29) is 5.91 Å². The second-order valence-corrected chi connectivity index (χ2v) is 4.35. The summed E-state index contributed by atoms with van der Waals surface area (Å²) in [6.07, 6.45) is 8.24. The summed E-state index contributed by atoms with van der Waals surface area (Å²) in [7, 11) is 0. The molecular formula is C14H19N3O3. The Bertz CT molecular complexity index is 460. The summed E-state index contributed by atoms with van der Waals surface area (Å²) in [6, 6.07) is 2.82. The van der Waals surface area contributed by atoms with Gasteiger partial charge < -0.3 is 16.2 Å². The van der Waals surface area contributed by atoms with Crippen molar-refractivity contribution in [3.05, 3.63) is 36.2 Å². The Morgan fingerprint density at radius 2 is 2.25 bits per heavy atom. The van der Waals surface area contributed by atoms with Gasteiger partial charge in [-0.25, -0.2) is 0 Å². The van der Waals surface area contributed by atoms with Crippen LogP contribution in [0.5, 0.6) is 0 Å². The number of amides is 1. The SMILES string of the molecule is N[C@@H](CCCCNC(=O)C=Cc1cccnc1)C(=O)O. The maximum Gasteiger partial charge on any atom is 0.320 e. The summed E-state index contributed by atoms with van der Waals surface area (Å²) in [4.78, 5) is 25.9. The van der Waals surface area contributed by atoms with Gasteiger partial charge in [0.05, 0.1) is 0 Å². The monoisotopic (exact) mass is 277 g/mol. The van der Waals surface area contributed by atoms with Crippen LogP contribution in [0, 0.1) is 0 Å². The highest BCUT2D eigenvalue weighted by atomic mass is 16.4. The summed E-state index contributed by atoms with van der Waals surface area (Å²) in [5.74, 6) is -1.18. The number of nitrogens with two attached hydrogens (primary N) is 1. The molecule has 0 aliphatic carbocycles. The number of nitrogens with zero attached hydrogens (tertiary/aromatic N) is 1. The molecule has 1 rings (SSSR count). The van der Waals surface area contributed by atoms with Crippen molar-refractivity contribution in [1.82, 2.24) is 10.3 Å². The number of hydrogen-bond acceptors (Lipinski definition) is 4. The second-order valence-electron chi connectivity index (χ2n) is 4.35. The van der Waals surface area contributed by atoms with E-state index in [1.165, 1.54) is 6.08 Å². The van der Waals surface area contributed by atoms with E-state index in [0.29, 0.717) is 25.8 Å². The van der Waals surface area contributed by atoms with Gasteiger partial charge in [0.15, 0.2) is 0 Å². The lowest BCUT2D eigenvalue weighted by Gasteiger charge is -2.06. The molecule has 1 aromatic heterocycles. The fourth-order valence-electron chi connectivity index (χ4n) is 1.53. The fourth-order valence-corrected chi connectivity index (χ4v) is 1.53. The summed E-state index contributed by atoms with van der Waals surface area (Å²) in [5, 5.41) is 11.3. The molecule has 1 amide bonds. The maximum atomic E-state index is 11.5. The summed E-state index contributed by atoms with van der Waals surface area (Å²) < 4.78 is 0. The van der Waals surface area contributed by atoms with Crippen LogP contribution in [0.4, 0.5) is 0 Å². The van der Waals surface area contributed by atoms with Crippen molar-refractivity contribution < 1.29 is 14.7 Å². The number of carboxylic acid groups (broad SMARTS) is 1. The van der Waals surface area contributed by atoms with Gasteiger partial charge in [-0.3, -0.25) is 14.6 Å². The lowest BCUT2D eigenvalue weighted by Crippen LogP contribution is -2.30. The molecule has 0 saturated carbocycles. The topological polar surface area (TPSA) is 105 Å². The van der Waals surface area contributed by atoms with Crippen LogP contribution in [0.25, 0.3) is 6.08 Å². The first-order valence-corrected chi connectivity index (χ1v) is 6.44. The zero-order valence-corrected chi connectivity index (χ0v) is 11.2. The Kier molecular flexibility index (Phi) is 6.99. The van der Waals surface area contributed by atoms with Gasteiger partial charge in [-0.2, -0.15) is 0 Å². The number of carbonyl (C=O) groups excluding carboxylic acids is 1. The first kappa shape index (κ1) is 15.8. The van der Waals surface area contributed by atoms with Gasteiger partial charge in [-0.1, -0.05) is 6.07 Å². The Morgan fingerprint density at radius 1 is 1.45 bits per heavy atom. The van der Waals surface area contributed by atoms with Crippen LogP contribution in [0.3, 0.4) is 0 Å². The molecule has 0 spiro atoms. The molecule has 20 heavy (non-hydrogen) atoms. The van der Waals surface area contributed by atoms with Crippen molar-refractivity contribution >= 4 is 18.0 Å². The van der Waals surface area contributed by atoms with Gasteiger partial charge in [0.1, 0.15) is 6.04 Å². The fraction of sp³-hybridized carbons (Fsp3) is 0.357. The molecule has 4 N–H and O–H groups in total. The van der Waals surface area contributed by atoms with Crippen molar-refractivity contribution in [2.75, 3.05) is 6.54 Å². The Morgan fingerprint density at radius 3 is 2.90 bits per heavy atom. The van der Waals surface area contributed by atoms with E-state index in [4.69, 9.17) is 10.8 Å². The second kappa shape index (κ2) is 8.82. The van der Waals surface area contributed by atoms with Gasteiger partial charge in [0, 0.05) is 25.0 Å². The van der Waals surface area contributed by atoms with E-state index < -0.39 is 12.0 Å². The number of nitrogens with one attached hydrogen (secondary N) is 1. The predicted octanol–water partition coefficient (Wildman–Crippen LogP) is 0.793. The number of unbranched alkanes of at least 4 members (excludes halogenated alkanes) is 1. The Labute approximate surface area is 117 Å². The third-order valence-electron chi connectivity index (χ3n) is 2.67. The zero-order valence-electron chi connectivity index (χ0n) is 11.2.